The summed E-state index contributed by atoms with van der Waals surface area (Å²) in [6.45, 7) is 0. The van der Waals surface area contributed by atoms with E-state index in [1.165, 1.54) is 19.2 Å². The second kappa shape index (κ2) is 4.25. The van der Waals surface area contributed by atoms with Crippen molar-refractivity contribution in [2.75, 3.05) is 7.11 Å². The third-order valence-electron chi connectivity index (χ3n) is 2.39. The van der Waals surface area contributed by atoms with Crippen LogP contribution in [-0.2, 0) is 4.74 Å². The molecule has 0 unspecified atom stereocenters. The zero-order chi connectivity index (χ0) is 12.6. The second-order valence-electron chi connectivity index (χ2n) is 3.70. The van der Waals surface area contributed by atoms with Crippen LogP contribution < -0.4 is 4.74 Å². The summed E-state index contributed by atoms with van der Waals surface area (Å²) < 4.78 is 35.8. The molecule has 0 radical (unpaired) electrons. The number of benzene rings is 1. The van der Waals surface area contributed by atoms with Crippen molar-refractivity contribution in [1.82, 2.24) is 0 Å². The number of esters is 1. The van der Waals surface area contributed by atoms with E-state index in [1.54, 1.807) is 6.07 Å². The van der Waals surface area contributed by atoms with E-state index in [2.05, 4.69) is 20.7 Å². The second-order valence-corrected chi connectivity index (χ2v) is 4.62. The molecule has 0 spiro atoms. The van der Waals surface area contributed by atoms with Crippen LogP contribution in [0.25, 0.3) is 0 Å². The molecule has 3 nitrogen and oxygen atoms in total. The number of hydrogen-bond donors (Lipinski definition) is 0. The Morgan fingerprint density at radius 2 is 2.18 bits per heavy atom. The smallest absolute Gasteiger partial charge is 0.341 e. The normalized spacial score (nSPS) is 20.8. The van der Waals surface area contributed by atoms with Gasteiger partial charge < -0.3 is 9.47 Å². The predicted octanol–water partition coefficient (Wildman–Crippen LogP) is 3.02. The van der Waals surface area contributed by atoms with Gasteiger partial charge in [0, 0.05) is 4.47 Å². The van der Waals surface area contributed by atoms with E-state index >= 15 is 0 Å². The zero-order valence-electron chi connectivity index (χ0n) is 8.88. The van der Waals surface area contributed by atoms with Crippen molar-refractivity contribution in [1.29, 1.82) is 0 Å². The summed E-state index contributed by atoms with van der Waals surface area (Å²) in [5.41, 5.74) is 0.137. The van der Waals surface area contributed by atoms with Crippen molar-refractivity contribution in [2.24, 2.45) is 0 Å². The van der Waals surface area contributed by atoms with Gasteiger partial charge in [-0.3, -0.25) is 0 Å². The van der Waals surface area contributed by atoms with Crippen LogP contribution in [0.1, 0.15) is 16.8 Å². The largest absolute Gasteiger partial charge is 0.483 e. The third kappa shape index (κ3) is 2.57. The SMILES string of the molecule is COC(=O)c1ccc(Br)cc1O[C@@H]1CC1(F)F. The Bertz CT molecular complexity index is 462. The third-order valence-corrected chi connectivity index (χ3v) is 2.88. The molecule has 6 heteroatoms. The molecule has 0 bridgehead atoms. The first kappa shape index (κ1) is 12.3. The van der Waals surface area contributed by atoms with Gasteiger partial charge in [0.15, 0.2) is 6.10 Å². The molecule has 0 N–H and O–H groups in total. The number of hydrogen-bond acceptors (Lipinski definition) is 3. The number of ether oxygens (including phenoxy) is 2. The fraction of sp³-hybridized carbons (Fsp3) is 0.364. The Balaban J connectivity index is 2.25. The molecule has 1 aromatic carbocycles. The Morgan fingerprint density at radius 3 is 2.71 bits per heavy atom. The summed E-state index contributed by atoms with van der Waals surface area (Å²) >= 11 is 3.19. The van der Waals surface area contributed by atoms with Crippen LogP contribution in [0.2, 0.25) is 0 Å². The molecule has 17 heavy (non-hydrogen) atoms. The van der Waals surface area contributed by atoms with Gasteiger partial charge in [-0.2, -0.15) is 0 Å². The highest BCUT2D eigenvalue weighted by Crippen LogP contribution is 2.45. The summed E-state index contributed by atoms with van der Waals surface area (Å²) in [6, 6.07) is 4.55. The van der Waals surface area contributed by atoms with Crippen LogP contribution in [0.5, 0.6) is 5.75 Å². The molecule has 0 heterocycles. The van der Waals surface area contributed by atoms with Gasteiger partial charge in [-0.15, -0.1) is 0 Å². The van der Waals surface area contributed by atoms with Crippen LogP contribution in [0.15, 0.2) is 22.7 Å². The minimum atomic E-state index is -2.80. The highest BCUT2D eigenvalue weighted by Gasteiger charge is 2.60. The number of carbonyl (C=O) groups is 1. The summed E-state index contributed by atoms with van der Waals surface area (Å²) in [7, 11) is 1.22. The quantitative estimate of drug-likeness (QED) is 0.805. The van der Waals surface area contributed by atoms with Crippen molar-refractivity contribution in [2.45, 2.75) is 18.4 Å². The lowest BCUT2D eigenvalue weighted by Crippen LogP contribution is -2.11. The zero-order valence-corrected chi connectivity index (χ0v) is 10.5. The number of alkyl halides is 2. The van der Waals surface area contributed by atoms with E-state index in [1.807, 2.05) is 0 Å². The van der Waals surface area contributed by atoms with Crippen LogP contribution >= 0.6 is 15.9 Å². The van der Waals surface area contributed by atoms with Gasteiger partial charge in [0.2, 0.25) is 0 Å². The molecule has 1 saturated carbocycles. The molecule has 92 valence electrons. The van der Waals surface area contributed by atoms with Gasteiger partial charge in [-0.25, -0.2) is 13.6 Å². The highest BCUT2D eigenvalue weighted by molar-refractivity contribution is 9.10. The van der Waals surface area contributed by atoms with Gasteiger partial charge in [-0.05, 0) is 18.2 Å². The fourth-order valence-corrected chi connectivity index (χ4v) is 1.68. The highest BCUT2D eigenvalue weighted by atomic mass is 79.9. The van der Waals surface area contributed by atoms with E-state index in [0.29, 0.717) is 4.47 Å². The van der Waals surface area contributed by atoms with E-state index in [9.17, 15) is 13.6 Å². The van der Waals surface area contributed by atoms with Crippen molar-refractivity contribution >= 4 is 21.9 Å². The van der Waals surface area contributed by atoms with Crippen molar-refractivity contribution in [3.63, 3.8) is 0 Å². The lowest BCUT2D eigenvalue weighted by molar-refractivity contribution is 0.0561. The molecule has 0 saturated heterocycles. The molecule has 1 atom stereocenters. The van der Waals surface area contributed by atoms with Crippen LogP contribution in [0, 0.1) is 0 Å². The fourth-order valence-electron chi connectivity index (χ4n) is 1.34. The van der Waals surface area contributed by atoms with Crippen molar-refractivity contribution < 1.29 is 23.0 Å². The molecule has 1 fully saturated rings. The first-order valence-corrected chi connectivity index (χ1v) is 5.65. The molecule has 1 aromatic rings. The van der Waals surface area contributed by atoms with Crippen molar-refractivity contribution in [3.8, 4) is 5.75 Å². The predicted molar refractivity (Wildman–Crippen MR) is 59.5 cm³/mol. The Hall–Kier alpha value is -1.17. The maximum atomic E-state index is 12.7. The number of rotatable bonds is 3. The summed E-state index contributed by atoms with van der Waals surface area (Å²) in [6.07, 6.45) is -1.47. The topological polar surface area (TPSA) is 35.5 Å². The molecular formula is C11H9BrF2O3. The first-order valence-electron chi connectivity index (χ1n) is 4.86. The molecule has 0 aromatic heterocycles. The average molecular weight is 307 g/mol. The molecule has 0 aliphatic heterocycles. The monoisotopic (exact) mass is 306 g/mol. The Labute approximate surface area is 105 Å². The minimum Gasteiger partial charge on any atom is -0.483 e. The number of carbonyl (C=O) groups excluding carboxylic acids is 1. The van der Waals surface area contributed by atoms with Gasteiger partial charge in [-0.1, -0.05) is 15.9 Å². The lowest BCUT2D eigenvalue weighted by Gasteiger charge is -2.10. The van der Waals surface area contributed by atoms with E-state index in [4.69, 9.17) is 4.74 Å². The van der Waals surface area contributed by atoms with E-state index in [-0.39, 0.29) is 17.7 Å². The van der Waals surface area contributed by atoms with E-state index in [0.717, 1.165) is 0 Å². The maximum Gasteiger partial charge on any atom is 0.341 e. The molecule has 0 amide bonds. The van der Waals surface area contributed by atoms with Gasteiger partial charge in [0.05, 0.1) is 13.5 Å². The van der Waals surface area contributed by atoms with Crippen LogP contribution in [0.3, 0.4) is 0 Å². The molecule has 2 rings (SSSR count). The number of halogens is 3. The van der Waals surface area contributed by atoms with Crippen LogP contribution in [-0.4, -0.2) is 25.1 Å². The maximum absolute atomic E-state index is 12.7. The Morgan fingerprint density at radius 1 is 1.53 bits per heavy atom. The first-order chi connectivity index (χ1) is 7.94. The summed E-state index contributed by atoms with van der Waals surface area (Å²) in [5, 5.41) is 0. The lowest BCUT2D eigenvalue weighted by atomic mass is 10.2. The van der Waals surface area contributed by atoms with E-state index < -0.39 is 18.0 Å². The van der Waals surface area contributed by atoms with Gasteiger partial charge in [0.1, 0.15) is 11.3 Å². The van der Waals surface area contributed by atoms with Crippen LogP contribution in [0.4, 0.5) is 8.78 Å². The average Bonchev–Trinajstić information content (AvgIpc) is 2.85. The number of methoxy groups -OCH3 is 1. The molecular weight excluding hydrogens is 298 g/mol. The van der Waals surface area contributed by atoms with Gasteiger partial charge >= 0.3 is 5.97 Å². The minimum absolute atomic E-state index is 0.105. The Kier molecular flexibility index (Phi) is 3.07. The van der Waals surface area contributed by atoms with Gasteiger partial charge in [0.25, 0.3) is 5.92 Å². The van der Waals surface area contributed by atoms with Crippen molar-refractivity contribution in [3.05, 3.63) is 28.2 Å². The molecule has 1 aliphatic rings. The standard InChI is InChI=1S/C11H9BrF2O3/c1-16-10(15)7-3-2-6(12)4-8(7)17-9-5-11(9,13)14/h2-4,9H,5H2,1H3/t9-/m1/s1. The summed E-state index contributed by atoms with van der Waals surface area (Å²) in [5.74, 6) is -3.31. The molecule has 1 aliphatic carbocycles. The summed E-state index contributed by atoms with van der Waals surface area (Å²) in [4.78, 5) is 11.4.